The number of rotatable bonds is 1. The number of hydrogen-bond acceptors (Lipinski definition) is 5. The van der Waals surface area contributed by atoms with Crippen LogP contribution in [0.5, 0.6) is 11.5 Å². The minimum atomic E-state index is 0.703. The highest BCUT2D eigenvalue weighted by Crippen LogP contribution is 2.28. The van der Waals surface area contributed by atoms with Gasteiger partial charge in [-0.1, -0.05) is 0 Å². The first-order valence-corrected chi connectivity index (χ1v) is 6.72. The predicted molar refractivity (Wildman–Crippen MR) is 67.5 cm³/mol. The van der Waals surface area contributed by atoms with E-state index in [1.54, 1.807) is 17.5 Å². The molecule has 3 heterocycles. The van der Waals surface area contributed by atoms with Gasteiger partial charge in [0.2, 0.25) is 0 Å². The zero-order valence-electron chi connectivity index (χ0n) is 9.55. The molecule has 0 saturated heterocycles. The number of nitrogens with zero attached hydrogens (tertiary/aromatic N) is 2. The Morgan fingerprint density at radius 2 is 1.94 bits per heavy atom. The van der Waals surface area contributed by atoms with Crippen molar-refractivity contribution < 1.29 is 9.47 Å². The van der Waals surface area contributed by atoms with E-state index in [0.29, 0.717) is 13.2 Å². The summed E-state index contributed by atoms with van der Waals surface area (Å²) in [4.78, 5) is 8.78. The smallest absolute Gasteiger partial charge is 0.163 e. The lowest BCUT2D eigenvalue weighted by Gasteiger charge is -2.12. The van der Waals surface area contributed by atoms with E-state index in [1.807, 2.05) is 17.5 Å². The minimum absolute atomic E-state index is 0.703. The first-order valence-electron chi connectivity index (χ1n) is 5.84. The average molecular weight is 258 g/mol. The molecule has 90 valence electrons. The third-order valence-corrected chi connectivity index (χ3v) is 3.77. The molecule has 0 spiro atoms. The van der Waals surface area contributed by atoms with Crippen LogP contribution in [0.4, 0.5) is 0 Å². The van der Waals surface area contributed by atoms with Crippen molar-refractivity contribution in [2.75, 3.05) is 13.2 Å². The number of fused-ring (bicyclic) bond motifs is 2. The molecule has 0 saturated carbocycles. The summed E-state index contributed by atoms with van der Waals surface area (Å²) >= 11 is 1.60. The Hall–Kier alpha value is -1.88. The van der Waals surface area contributed by atoms with Gasteiger partial charge in [-0.3, -0.25) is 0 Å². The Bertz CT molecular complexity index is 722. The normalized spacial score (nSPS) is 16.3. The van der Waals surface area contributed by atoms with Gasteiger partial charge in [-0.25, -0.2) is 9.98 Å². The van der Waals surface area contributed by atoms with Crippen LogP contribution in [0.3, 0.4) is 0 Å². The van der Waals surface area contributed by atoms with Gasteiger partial charge in [-0.15, -0.1) is 11.3 Å². The molecular weight excluding hydrogens is 248 g/mol. The summed E-state index contributed by atoms with van der Waals surface area (Å²) in [6.07, 6.45) is 2.71. The Kier molecular flexibility index (Phi) is 2.14. The van der Waals surface area contributed by atoms with Crippen molar-refractivity contribution in [1.29, 1.82) is 0 Å². The van der Waals surface area contributed by atoms with Crippen molar-refractivity contribution in [2.45, 2.75) is 6.42 Å². The van der Waals surface area contributed by atoms with Crippen molar-refractivity contribution in [3.05, 3.63) is 39.3 Å². The van der Waals surface area contributed by atoms with Gasteiger partial charge in [0.15, 0.2) is 11.5 Å². The number of hydrogen-bond donors (Lipinski definition) is 0. The van der Waals surface area contributed by atoms with E-state index in [0.717, 1.165) is 39.2 Å². The van der Waals surface area contributed by atoms with Crippen LogP contribution in [0.1, 0.15) is 11.4 Å². The minimum Gasteiger partial charge on any atom is -0.490 e. The molecule has 0 N–H and O–H groups in total. The van der Waals surface area contributed by atoms with Crippen molar-refractivity contribution in [3.8, 4) is 11.5 Å². The van der Waals surface area contributed by atoms with Crippen LogP contribution < -0.4 is 20.0 Å². The second kappa shape index (κ2) is 3.81. The van der Waals surface area contributed by atoms with Crippen LogP contribution in [-0.4, -0.2) is 18.2 Å². The molecule has 1 aromatic heterocycles. The third-order valence-electron chi connectivity index (χ3n) is 2.99. The zero-order valence-corrected chi connectivity index (χ0v) is 10.4. The maximum atomic E-state index is 5.69. The lowest BCUT2D eigenvalue weighted by atomic mass is 10.1. The summed E-state index contributed by atoms with van der Waals surface area (Å²) in [6.45, 7) is 1.41. The van der Waals surface area contributed by atoms with Gasteiger partial charge in [-0.2, -0.15) is 0 Å². The monoisotopic (exact) mass is 258 g/mol. The highest BCUT2D eigenvalue weighted by atomic mass is 32.1. The highest BCUT2D eigenvalue weighted by molar-refractivity contribution is 7.10. The fourth-order valence-corrected chi connectivity index (χ4v) is 2.75. The van der Waals surface area contributed by atoms with E-state index in [1.165, 1.54) is 0 Å². The molecule has 2 aromatic rings. The molecule has 2 aliphatic heterocycles. The second-order valence-corrected chi connectivity index (χ2v) is 5.06. The highest BCUT2D eigenvalue weighted by Gasteiger charge is 2.18. The largest absolute Gasteiger partial charge is 0.490 e. The van der Waals surface area contributed by atoms with Crippen molar-refractivity contribution >= 4 is 17.0 Å². The quantitative estimate of drug-likeness (QED) is 0.769. The second-order valence-electron chi connectivity index (χ2n) is 4.16. The Labute approximate surface area is 107 Å². The fraction of sp³-hybridized carbons (Fsp3) is 0.231. The molecule has 0 fully saturated rings. The summed E-state index contributed by atoms with van der Waals surface area (Å²) in [5.74, 6) is 1.61. The van der Waals surface area contributed by atoms with E-state index < -0.39 is 0 Å². The number of benzene rings is 1. The molecule has 0 bridgehead atoms. The summed E-state index contributed by atoms with van der Waals surface area (Å²) in [5, 5.41) is 4.98. The number of thiazole rings is 1. The molecular formula is C13H10N2O2S. The van der Waals surface area contributed by atoms with Gasteiger partial charge in [-0.05, 0) is 6.07 Å². The summed E-state index contributed by atoms with van der Waals surface area (Å²) in [6, 6.07) is 3.97. The maximum absolute atomic E-state index is 5.69. The van der Waals surface area contributed by atoms with E-state index >= 15 is 0 Å². The van der Waals surface area contributed by atoms with Gasteiger partial charge in [0, 0.05) is 29.3 Å². The van der Waals surface area contributed by atoms with Crippen LogP contribution >= 0.6 is 11.3 Å². The standard InChI is InChI=1S/C13H10N2O2S/c1-3-16-10-6-8-9(7-11(10)17-4-1)15-12(8)13-14-2-5-18-13/h2,5-7H,1,3-4H2. The van der Waals surface area contributed by atoms with E-state index in [9.17, 15) is 0 Å². The number of aromatic nitrogens is 1. The Morgan fingerprint density at radius 3 is 2.72 bits per heavy atom. The summed E-state index contributed by atoms with van der Waals surface area (Å²) < 4.78 is 11.3. The van der Waals surface area contributed by atoms with Crippen molar-refractivity contribution in [1.82, 2.24) is 4.98 Å². The van der Waals surface area contributed by atoms with Crippen LogP contribution in [0.25, 0.3) is 5.70 Å². The molecule has 1 aromatic carbocycles. The van der Waals surface area contributed by atoms with Crippen LogP contribution in [-0.2, 0) is 0 Å². The van der Waals surface area contributed by atoms with Gasteiger partial charge in [0.25, 0.3) is 0 Å². The van der Waals surface area contributed by atoms with E-state index in [2.05, 4.69) is 9.98 Å². The van der Waals surface area contributed by atoms with Gasteiger partial charge in [0.05, 0.1) is 18.6 Å². The van der Waals surface area contributed by atoms with Crippen molar-refractivity contribution in [2.24, 2.45) is 4.99 Å². The first kappa shape index (κ1) is 10.1. The molecule has 4 rings (SSSR count). The molecule has 0 aliphatic carbocycles. The van der Waals surface area contributed by atoms with Crippen LogP contribution in [0.2, 0.25) is 0 Å². The van der Waals surface area contributed by atoms with Gasteiger partial charge < -0.3 is 9.47 Å². The van der Waals surface area contributed by atoms with E-state index in [4.69, 9.17) is 9.47 Å². The lowest BCUT2D eigenvalue weighted by molar-refractivity contribution is 0.297. The topological polar surface area (TPSA) is 43.7 Å². The predicted octanol–water partition coefficient (Wildman–Crippen LogP) is 1.09. The molecule has 2 aliphatic rings. The molecule has 18 heavy (non-hydrogen) atoms. The SMILES string of the molecule is c1csc(C2=c3cc4c(cc3=N2)OCCCO4)n1. The van der Waals surface area contributed by atoms with Gasteiger partial charge in [0.1, 0.15) is 10.7 Å². The number of ether oxygens (including phenoxy) is 2. The maximum Gasteiger partial charge on any atom is 0.163 e. The third kappa shape index (κ3) is 1.44. The summed E-state index contributed by atoms with van der Waals surface area (Å²) in [5.41, 5.74) is 0.954. The average Bonchev–Trinajstić information content (AvgIpc) is 2.77. The van der Waals surface area contributed by atoms with Crippen LogP contribution in [0.15, 0.2) is 28.7 Å². The zero-order chi connectivity index (χ0) is 11.9. The Morgan fingerprint density at radius 1 is 1.11 bits per heavy atom. The molecule has 4 nitrogen and oxygen atoms in total. The molecule has 0 unspecified atom stereocenters. The fourth-order valence-electron chi connectivity index (χ4n) is 2.11. The Balaban J connectivity index is 1.89. The summed E-state index contributed by atoms with van der Waals surface area (Å²) in [7, 11) is 0. The molecule has 0 radical (unpaired) electrons. The van der Waals surface area contributed by atoms with Crippen molar-refractivity contribution in [3.63, 3.8) is 0 Å². The molecule has 0 amide bonds. The van der Waals surface area contributed by atoms with E-state index in [-0.39, 0.29) is 0 Å². The first-order chi connectivity index (χ1) is 8.92. The molecule has 5 heteroatoms. The molecule has 0 atom stereocenters. The van der Waals surface area contributed by atoms with Crippen LogP contribution in [0, 0.1) is 0 Å². The lowest BCUT2D eigenvalue weighted by Crippen LogP contribution is -2.35. The van der Waals surface area contributed by atoms with Gasteiger partial charge >= 0.3 is 0 Å².